The van der Waals surface area contributed by atoms with Gasteiger partial charge in [0.05, 0.1) is 6.61 Å². The Kier molecular flexibility index (Phi) is 5.84. The number of rotatable bonds is 5. The zero-order valence-corrected chi connectivity index (χ0v) is 13.6. The molecule has 2 rings (SSSR count). The van der Waals surface area contributed by atoms with Crippen molar-refractivity contribution in [3.8, 4) is 0 Å². The summed E-state index contributed by atoms with van der Waals surface area (Å²) in [6, 6.07) is 1.28. The molecule has 1 heterocycles. The average Bonchev–Trinajstić information content (AvgIpc) is 2.78. The van der Waals surface area contributed by atoms with Gasteiger partial charge in [-0.25, -0.2) is 0 Å². The monoisotopic (exact) mass is 283 g/mol. The fourth-order valence-corrected chi connectivity index (χ4v) is 4.06. The van der Waals surface area contributed by atoms with Crippen LogP contribution in [0.15, 0.2) is 0 Å². The molecule has 0 amide bonds. The van der Waals surface area contributed by atoms with E-state index in [2.05, 4.69) is 36.0 Å². The summed E-state index contributed by atoms with van der Waals surface area (Å²) >= 11 is 0. The van der Waals surface area contributed by atoms with Gasteiger partial charge in [-0.15, -0.1) is 0 Å². The third kappa shape index (κ3) is 3.73. The van der Waals surface area contributed by atoms with Crippen LogP contribution in [0.4, 0.5) is 0 Å². The van der Waals surface area contributed by atoms with Crippen molar-refractivity contribution >= 4 is 0 Å². The van der Waals surface area contributed by atoms with Gasteiger partial charge in [-0.05, 0) is 65.7 Å². The van der Waals surface area contributed by atoms with Crippen molar-refractivity contribution in [3.63, 3.8) is 0 Å². The minimum Gasteiger partial charge on any atom is -0.394 e. The molecule has 2 N–H and O–H groups in total. The highest BCUT2D eigenvalue weighted by molar-refractivity contribution is 5.00. The highest BCUT2D eigenvalue weighted by Gasteiger charge is 2.41. The molecule has 0 spiro atoms. The van der Waals surface area contributed by atoms with Gasteiger partial charge < -0.3 is 15.3 Å². The van der Waals surface area contributed by atoms with Gasteiger partial charge in [-0.2, -0.15) is 0 Å². The van der Waals surface area contributed by atoms with E-state index in [1.54, 1.807) is 0 Å². The van der Waals surface area contributed by atoms with E-state index in [0.717, 1.165) is 25.8 Å². The molecule has 4 nitrogen and oxygen atoms in total. The van der Waals surface area contributed by atoms with Gasteiger partial charge in [0, 0.05) is 24.2 Å². The predicted octanol–water partition coefficient (Wildman–Crippen LogP) is 1.30. The maximum atomic E-state index is 9.83. The second-order valence-electron chi connectivity index (χ2n) is 6.96. The molecule has 3 unspecified atom stereocenters. The van der Waals surface area contributed by atoms with Gasteiger partial charge in [0.15, 0.2) is 0 Å². The molecule has 20 heavy (non-hydrogen) atoms. The Bertz CT molecular complexity index is 299. The smallest absolute Gasteiger partial charge is 0.0613 e. The summed E-state index contributed by atoms with van der Waals surface area (Å²) in [4.78, 5) is 5.16. The zero-order chi connectivity index (χ0) is 14.6. The summed E-state index contributed by atoms with van der Waals surface area (Å²) in [5.41, 5.74) is -0.0153. The Morgan fingerprint density at radius 2 is 2.15 bits per heavy atom. The van der Waals surface area contributed by atoms with E-state index >= 15 is 0 Å². The second-order valence-corrected chi connectivity index (χ2v) is 6.96. The lowest BCUT2D eigenvalue weighted by atomic mass is 9.97. The SMILES string of the molecule is CCCNC1(CO)CCC(N2CCCN(C)CC2C)C1. The standard InChI is InChI=1S/C16H33N3O/c1-4-8-17-16(13-20)7-6-15(11-16)19-10-5-9-18(3)12-14(19)2/h14-15,17,20H,4-13H2,1-3H3. The van der Waals surface area contributed by atoms with Crippen LogP contribution >= 0.6 is 0 Å². The normalized spacial score (nSPS) is 37.2. The fourth-order valence-electron chi connectivity index (χ4n) is 4.06. The fraction of sp³-hybridized carbons (Fsp3) is 1.00. The van der Waals surface area contributed by atoms with Crippen molar-refractivity contribution in [1.82, 2.24) is 15.1 Å². The zero-order valence-electron chi connectivity index (χ0n) is 13.6. The molecule has 0 aromatic rings. The van der Waals surface area contributed by atoms with Gasteiger partial charge in [0.25, 0.3) is 0 Å². The Hall–Kier alpha value is -0.160. The van der Waals surface area contributed by atoms with Crippen molar-refractivity contribution in [1.29, 1.82) is 0 Å². The number of hydrogen-bond donors (Lipinski definition) is 2. The number of aliphatic hydroxyl groups is 1. The second kappa shape index (κ2) is 7.21. The van der Waals surface area contributed by atoms with Crippen LogP contribution in [0.25, 0.3) is 0 Å². The van der Waals surface area contributed by atoms with Crippen molar-refractivity contribution in [2.45, 2.75) is 63.6 Å². The van der Waals surface area contributed by atoms with Crippen LogP contribution in [-0.4, -0.2) is 72.4 Å². The van der Waals surface area contributed by atoms with E-state index in [0.29, 0.717) is 12.1 Å². The molecule has 1 saturated carbocycles. The maximum Gasteiger partial charge on any atom is 0.0613 e. The molecular weight excluding hydrogens is 250 g/mol. The summed E-state index contributed by atoms with van der Waals surface area (Å²) in [6.07, 6.45) is 5.86. The van der Waals surface area contributed by atoms with E-state index in [-0.39, 0.29) is 12.1 Å². The third-order valence-corrected chi connectivity index (χ3v) is 5.20. The first-order valence-corrected chi connectivity index (χ1v) is 8.40. The Morgan fingerprint density at radius 1 is 1.35 bits per heavy atom. The van der Waals surface area contributed by atoms with Crippen LogP contribution in [0.5, 0.6) is 0 Å². The summed E-state index contributed by atoms with van der Waals surface area (Å²) in [6.45, 7) is 9.46. The van der Waals surface area contributed by atoms with Crippen LogP contribution in [0, 0.1) is 0 Å². The van der Waals surface area contributed by atoms with Crippen LogP contribution in [0.2, 0.25) is 0 Å². The Balaban J connectivity index is 1.96. The molecular formula is C16H33N3O. The summed E-state index contributed by atoms with van der Waals surface area (Å²) < 4.78 is 0. The molecule has 1 aliphatic heterocycles. The van der Waals surface area contributed by atoms with Crippen molar-refractivity contribution in [2.75, 3.05) is 39.8 Å². The minimum atomic E-state index is -0.0153. The van der Waals surface area contributed by atoms with Crippen molar-refractivity contribution in [3.05, 3.63) is 0 Å². The number of nitrogens with one attached hydrogen (secondary N) is 1. The highest BCUT2D eigenvalue weighted by atomic mass is 16.3. The molecule has 1 aliphatic carbocycles. The topological polar surface area (TPSA) is 38.7 Å². The summed E-state index contributed by atoms with van der Waals surface area (Å²) in [5.74, 6) is 0. The molecule has 3 atom stereocenters. The third-order valence-electron chi connectivity index (χ3n) is 5.20. The van der Waals surface area contributed by atoms with Gasteiger partial charge in [0.1, 0.15) is 0 Å². The molecule has 0 aromatic carbocycles. The first kappa shape index (κ1) is 16.2. The van der Waals surface area contributed by atoms with Gasteiger partial charge in [0.2, 0.25) is 0 Å². The number of aliphatic hydroxyl groups excluding tert-OH is 1. The summed E-state index contributed by atoms with van der Waals surface area (Å²) in [7, 11) is 2.23. The van der Waals surface area contributed by atoms with Gasteiger partial charge in [-0.1, -0.05) is 6.92 Å². The molecule has 1 saturated heterocycles. The molecule has 0 aromatic heterocycles. The van der Waals surface area contributed by atoms with Gasteiger partial charge in [-0.3, -0.25) is 4.90 Å². The highest BCUT2D eigenvalue weighted by Crippen LogP contribution is 2.34. The Morgan fingerprint density at radius 3 is 2.85 bits per heavy atom. The van der Waals surface area contributed by atoms with Crippen LogP contribution in [0.3, 0.4) is 0 Å². The van der Waals surface area contributed by atoms with Crippen LogP contribution < -0.4 is 5.32 Å². The molecule has 2 aliphatic rings. The molecule has 118 valence electrons. The van der Waals surface area contributed by atoms with Crippen LogP contribution in [-0.2, 0) is 0 Å². The lowest BCUT2D eigenvalue weighted by Gasteiger charge is -2.35. The molecule has 4 heteroatoms. The molecule has 2 fully saturated rings. The van der Waals surface area contributed by atoms with Crippen molar-refractivity contribution < 1.29 is 5.11 Å². The molecule has 0 bridgehead atoms. The Labute approximate surface area is 124 Å². The quantitative estimate of drug-likeness (QED) is 0.798. The lowest BCUT2D eigenvalue weighted by molar-refractivity contribution is 0.119. The number of nitrogens with zero attached hydrogens (tertiary/aromatic N) is 2. The minimum absolute atomic E-state index is 0.0153. The first-order chi connectivity index (χ1) is 9.60. The average molecular weight is 283 g/mol. The molecule has 0 radical (unpaired) electrons. The van der Waals surface area contributed by atoms with E-state index in [4.69, 9.17) is 0 Å². The number of hydrogen-bond acceptors (Lipinski definition) is 4. The summed E-state index contributed by atoms with van der Waals surface area (Å²) in [5, 5.41) is 13.4. The first-order valence-electron chi connectivity index (χ1n) is 8.40. The van der Waals surface area contributed by atoms with E-state index in [1.165, 1.54) is 32.5 Å². The lowest BCUT2D eigenvalue weighted by Crippen LogP contribution is -2.49. The maximum absolute atomic E-state index is 9.83. The van der Waals surface area contributed by atoms with Gasteiger partial charge >= 0.3 is 0 Å². The van der Waals surface area contributed by atoms with E-state index < -0.39 is 0 Å². The predicted molar refractivity (Wildman–Crippen MR) is 84.0 cm³/mol. The van der Waals surface area contributed by atoms with E-state index in [1.807, 2.05) is 0 Å². The van der Waals surface area contributed by atoms with Crippen molar-refractivity contribution in [2.24, 2.45) is 0 Å². The van der Waals surface area contributed by atoms with Crippen LogP contribution in [0.1, 0.15) is 46.0 Å². The largest absolute Gasteiger partial charge is 0.394 e. The van der Waals surface area contributed by atoms with E-state index in [9.17, 15) is 5.11 Å². The number of likely N-dealkylation sites (N-methyl/N-ethyl adjacent to an activating group) is 1.